The van der Waals surface area contributed by atoms with Gasteiger partial charge in [-0.3, -0.25) is 4.90 Å². The van der Waals surface area contributed by atoms with Crippen molar-refractivity contribution in [3.63, 3.8) is 0 Å². The lowest BCUT2D eigenvalue weighted by Crippen LogP contribution is -2.36. The summed E-state index contributed by atoms with van der Waals surface area (Å²) in [7, 11) is 2.17. The van der Waals surface area contributed by atoms with Crippen LogP contribution in [0.3, 0.4) is 0 Å². The van der Waals surface area contributed by atoms with Gasteiger partial charge in [0.2, 0.25) is 0 Å². The number of fused-ring (bicyclic) bond motifs is 1. The number of nitrogens with one attached hydrogen (secondary N) is 1. The Morgan fingerprint density at radius 3 is 2.89 bits per heavy atom. The number of nitrogens with zero attached hydrogens (tertiary/aromatic N) is 2. The minimum Gasteiger partial charge on any atom is -0.340 e. The molecule has 1 atom stereocenters. The number of H-pyrrole nitrogens is 1. The predicted octanol–water partition coefficient (Wildman–Crippen LogP) is 3.47. The fourth-order valence-electron chi connectivity index (χ4n) is 2.84. The summed E-state index contributed by atoms with van der Waals surface area (Å²) in [4.78, 5) is 10.6. The van der Waals surface area contributed by atoms with E-state index in [9.17, 15) is 0 Å². The molecule has 0 unspecified atom stereocenters. The van der Waals surface area contributed by atoms with Crippen molar-refractivity contribution in [3.8, 4) is 0 Å². The van der Waals surface area contributed by atoms with Gasteiger partial charge in [0.05, 0.1) is 16.6 Å². The molecule has 0 bridgehead atoms. The quantitative estimate of drug-likeness (QED) is 0.854. The fraction of sp³-hybridized carbons (Fsp3) is 0.500. The number of benzene rings is 1. The average molecular weight is 264 g/mol. The van der Waals surface area contributed by atoms with E-state index in [-0.39, 0.29) is 5.54 Å². The van der Waals surface area contributed by atoms with E-state index in [0.29, 0.717) is 0 Å². The molecule has 0 amide bonds. The highest BCUT2D eigenvalue weighted by Gasteiger charge is 2.38. The third kappa shape index (κ3) is 1.57. The number of likely N-dealkylation sites (tertiary alicyclic amines) is 1. The van der Waals surface area contributed by atoms with Gasteiger partial charge in [0.1, 0.15) is 5.82 Å². The second kappa shape index (κ2) is 3.97. The Balaban J connectivity index is 2.17. The molecule has 2 aromatic rings. The molecule has 0 spiro atoms. The van der Waals surface area contributed by atoms with E-state index in [1.165, 1.54) is 6.42 Å². The van der Waals surface area contributed by atoms with E-state index in [1.54, 1.807) is 0 Å². The van der Waals surface area contributed by atoms with E-state index in [1.807, 2.05) is 19.1 Å². The van der Waals surface area contributed by atoms with Gasteiger partial charge in [0.25, 0.3) is 0 Å². The molecule has 1 aromatic carbocycles. The third-order valence-corrected chi connectivity index (χ3v) is 4.76. The molecular weight excluding hydrogens is 246 g/mol. The SMILES string of the molecule is Cc1c(Cl)ccc2[nH]c([C@]3(C)CCCN3C)nc12. The molecule has 1 aliphatic rings. The maximum absolute atomic E-state index is 6.16. The number of hydrogen-bond donors (Lipinski definition) is 1. The molecular formula is C14H18ClN3. The molecule has 3 nitrogen and oxygen atoms in total. The molecule has 1 saturated heterocycles. The maximum Gasteiger partial charge on any atom is 0.127 e. The van der Waals surface area contributed by atoms with Gasteiger partial charge in [-0.25, -0.2) is 4.98 Å². The molecule has 0 radical (unpaired) electrons. The highest BCUT2D eigenvalue weighted by molar-refractivity contribution is 6.32. The minimum atomic E-state index is 0.0257. The number of halogens is 1. The fourth-order valence-corrected chi connectivity index (χ4v) is 2.99. The van der Waals surface area contributed by atoms with Crippen LogP contribution in [0.4, 0.5) is 0 Å². The highest BCUT2D eigenvalue weighted by atomic mass is 35.5. The van der Waals surface area contributed by atoms with E-state index >= 15 is 0 Å². The third-order valence-electron chi connectivity index (χ3n) is 4.35. The first kappa shape index (κ1) is 12.0. The van der Waals surface area contributed by atoms with E-state index in [0.717, 1.165) is 40.4 Å². The molecule has 4 heteroatoms. The van der Waals surface area contributed by atoms with Crippen molar-refractivity contribution in [2.75, 3.05) is 13.6 Å². The second-order valence-electron chi connectivity index (χ2n) is 5.45. The van der Waals surface area contributed by atoms with Gasteiger partial charge < -0.3 is 4.98 Å². The number of aryl methyl sites for hydroxylation is 1. The molecule has 1 fully saturated rings. The summed E-state index contributed by atoms with van der Waals surface area (Å²) in [5.41, 5.74) is 3.16. The molecule has 1 aromatic heterocycles. The van der Waals surface area contributed by atoms with Crippen LogP contribution in [0.5, 0.6) is 0 Å². The van der Waals surface area contributed by atoms with E-state index in [2.05, 4.69) is 23.9 Å². The standard InChI is InChI=1S/C14H18ClN3/c1-9-10(15)5-6-11-12(9)17-13(16-11)14(2)7-4-8-18(14)3/h5-6H,4,7-8H2,1-3H3,(H,16,17)/t14-/m0/s1. The van der Waals surface area contributed by atoms with Crippen LogP contribution in [0.15, 0.2) is 12.1 Å². The number of aromatic nitrogens is 2. The first-order chi connectivity index (χ1) is 8.52. The summed E-state index contributed by atoms with van der Waals surface area (Å²) in [6, 6.07) is 3.95. The largest absolute Gasteiger partial charge is 0.340 e. The lowest BCUT2D eigenvalue weighted by Gasteiger charge is -2.29. The Labute approximate surface area is 112 Å². The van der Waals surface area contributed by atoms with Crippen LogP contribution in [0, 0.1) is 6.92 Å². The van der Waals surface area contributed by atoms with Gasteiger partial charge in [-0.2, -0.15) is 0 Å². The van der Waals surface area contributed by atoms with Crippen LogP contribution in [-0.2, 0) is 5.54 Å². The molecule has 1 aliphatic heterocycles. The topological polar surface area (TPSA) is 31.9 Å². The summed E-state index contributed by atoms with van der Waals surface area (Å²) in [6.45, 7) is 5.41. The van der Waals surface area contributed by atoms with Crippen molar-refractivity contribution in [1.82, 2.24) is 14.9 Å². The average Bonchev–Trinajstić information content (AvgIpc) is 2.91. The van der Waals surface area contributed by atoms with E-state index < -0.39 is 0 Å². The number of imidazole rings is 1. The molecule has 18 heavy (non-hydrogen) atoms. The molecule has 1 N–H and O–H groups in total. The van der Waals surface area contributed by atoms with Gasteiger partial charge in [-0.15, -0.1) is 0 Å². The summed E-state index contributed by atoms with van der Waals surface area (Å²) < 4.78 is 0. The monoisotopic (exact) mass is 263 g/mol. The zero-order valence-electron chi connectivity index (χ0n) is 11.0. The summed E-state index contributed by atoms with van der Waals surface area (Å²) in [5.74, 6) is 1.06. The second-order valence-corrected chi connectivity index (χ2v) is 5.86. The van der Waals surface area contributed by atoms with Gasteiger partial charge in [-0.05, 0) is 58.0 Å². The first-order valence-corrected chi connectivity index (χ1v) is 6.77. The smallest absolute Gasteiger partial charge is 0.127 e. The maximum atomic E-state index is 6.16. The first-order valence-electron chi connectivity index (χ1n) is 6.39. The normalized spacial score (nSPS) is 25.1. The van der Waals surface area contributed by atoms with Gasteiger partial charge in [-0.1, -0.05) is 11.6 Å². The number of aromatic amines is 1. The number of rotatable bonds is 1. The Hall–Kier alpha value is -1.06. The van der Waals surface area contributed by atoms with Gasteiger partial charge in [0.15, 0.2) is 0 Å². The van der Waals surface area contributed by atoms with Crippen LogP contribution in [0.25, 0.3) is 11.0 Å². The Bertz CT molecular complexity index is 604. The minimum absolute atomic E-state index is 0.0257. The van der Waals surface area contributed by atoms with Crippen molar-refractivity contribution in [2.45, 2.75) is 32.2 Å². The predicted molar refractivity (Wildman–Crippen MR) is 75.1 cm³/mol. The van der Waals surface area contributed by atoms with Crippen molar-refractivity contribution in [1.29, 1.82) is 0 Å². The van der Waals surface area contributed by atoms with Crippen LogP contribution in [0.1, 0.15) is 31.2 Å². The molecule has 96 valence electrons. The zero-order chi connectivity index (χ0) is 12.9. The summed E-state index contributed by atoms with van der Waals surface area (Å²) >= 11 is 6.16. The Kier molecular flexibility index (Phi) is 2.65. The lowest BCUT2D eigenvalue weighted by molar-refractivity contribution is 0.187. The Morgan fingerprint density at radius 2 is 2.22 bits per heavy atom. The molecule has 2 heterocycles. The van der Waals surface area contributed by atoms with E-state index in [4.69, 9.17) is 16.6 Å². The van der Waals surface area contributed by atoms with Crippen LogP contribution in [-0.4, -0.2) is 28.5 Å². The summed E-state index contributed by atoms with van der Waals surface area (Å²) in [5, 5.41) is 0.783. The van der Waals surface area contributed by atoms with Crippen LogP contribution >= 0.6 is 11.6 Å². The van der Waals surface area contributed by atoms with Crippen LogP contribution in [0.2, 0.25) is 5.02 Å². The van der Waals surface area contributed by atoms with Crippen molar-refractivity contribution in [2.24, 2.45) is 0 Å². The lowest BCUT2D eigenvalue weighted by atomic mass is 9.98. The highest BCUT2D eigenvalue weighted by Crippen LogP contribution is 2.37. The molecule has 3 rings (SSSR count). The molecule has 0 aliphatic carbocycles. The van der Waals surface area contributed by atoms with Crippen LogP contribution < -0.4 is 0 Å². The zero-order valence-corrected chi connectivity index (χ0v) is 11.8. The molecule has 0 saturated carbocycles. The van der Waals surface area contributed by atoms with Gasteiger partial charge in [0, 0.05) is 5.02 Å². The summed E-state index contributed by atoms with van der Waals surface area (Å²) in [6.07, 6.45) is 2.37. The van der Waals surface area contributed by atoms with Crippen molar-refractivity contribution >= 4 is 22.6 Å². The van der Waals surface area contributed by atoms with Gasteiger partial charge >= 0.3 is 0 Å². The Morgan fingerprint density at radius 1 is 1.44 bits per heavy atom. The van der Waals surface area contributed by atoms with Crippen molar-refractivity contribution < 1.29 is 0 Å². The van der Waals surface area contributed by atoms with Crippen molar-refractivity contribution in [3.05, 3.63) is 28.5 Å². The number of hydrogen-bond acceptors (Lipinski definition) is 2.